The van der Waals surface area contributed by atoms with E-state index in [-0.39, 0.29) is 23.6 Å². The Morgan fingerprint density at radius 1 is 1.33 bits per heavy atom. The number of aromatic nitrogens is 2. The fraction of sp³-hybridized carbons (Fsp3) is 0.750. The lowest BCUT2D eigenvalue weighted by molar-refractivity contribution is 0.0788. The van der Waals surface area contributed by atoms with Crippen molar-refractivity contribution in [2.75, 3.05) is 13.2 Å². The van der Waals surface area contributed by atoms with E-state index in [0.29, 0.717) is 11.4 Å². The van der Waals surface area contributed by atoms with Gasteiger partial charge in [0, 0.05) is 30.3 Å². The summed E-state index contributed by atoms with van der Waals surface area (Å²) >= 11 is 0. The molecule has 1 fully saturated rings. The molecule has 1 heterocycles. The summed E-state index contributed by atoms with van der Waals surface area (Å²) in [6.07, 6.45) is 5.75. The molecule has 2 rings (SSSR count). The zero-order chi connectivity index (χ0) is 15.5. The lowest BCUT2D eigenvalue weighted by atomic mass is 9.74. The minimum atomic E-state index is -0.0679. The standard InChI is InChI=1S/C16H27N3O2/c1-11(14-12(2)18-13(3)19-15(14)21)17-9-16(10-20)7-5-4-6-8-16/h11,17,20H,4-10H2,1-3H3,(H,18,19,21). The second-order valence-electron chi connectivity index (χ2n) is 6.47. The van der Waals surface area contributed by atoms with Crippen LogP contribution in [0, 0.1) is 19.3 Å². The van der Waals surface area contributed by atoms with E-state index in [1.54, 1.807) is 6.92 Å². The normalized spacial score (nSPS) is 19.4. The third-order valence-electron chi connectivity index (χ3n) is 4.73. The van der Waals surface area contributed by atoms with Crippen molar-refractivity contribution in [2.24, 2.45) is 5.41 Å². The van der Waals surface area contributed by atoms with E-state index in [2.05, 4.69) is 15.3 Å². The Morgan fingerprint density at radius 2 is 2.00 bits per heavy atom. The van der Waals surface area contributed by atoms with Crippen LogP contribution in [-0.4, -0.2) is 28.2 Å². The van der Waals surface area contributed by atoms with Gasteiger partial charge in [-0.1, -0.05) is 19.3 Å². The van der Waals surface area contributed by atoms with Gasteiger partial charge in [0.15, 0.2) is 0 Å². The maximum Gasteiger partial charge on any atom is 0.255 e. The number of aromatic amines is 1. The summed E-state index contributed by atoms with van der Waals surface area (Å²) in [5, 5.41) is 13.2. The number of hydrogen-bond donors (Lipinski definition) is 3. The van der Waals surface area contributed by atoms with Gasteiger partial charge in [0.2, 0.25) is 0 Å². The number of nitrogens with one attached hydrogen (secondary N) is 2. The highest BCUT2D eigenvalue weighted by molar-refractivity contribution is 5.20. The van der Waals surface area contributed by atoms with Gasteiger partial charge in [0.25, 0.3) is 5.56 Å². The van der Waals surface area contributed by atoms with Crippen molar-refractivity contribution in [1.29, 1.82) is 0 Å². The molecule has 0 radical (unpaired) electrons. The number of aliphatic hydroxyl groups excluding tert-OH is 1. The van der Waals surface area contributed by atoms with Crippen molar-refractivity contribution in [3.63, 3.8) is 0 Å². The van der Waals surface area contributed by atoms with Crippen molar-refractivity contribution >= 4 is 0 Å². The van der Waals surface area contributed by atoms with Crippen molar-refractivity contribution in [3.05, 3.63) is 27.4 Å². The molecule has 21 heavy (non-hydrogen) atoms. The van der Waals surface area contributed by atoms with Crippen LogP contribution in [0.5, 0.6) is 0 Å². The monoisotopic (exact) mass is 293 g/mol. The van der Waals surface area contributed by atoms with Crippen LogP contribution in [0.1, 0.15) is 62.2 Å². The molecule has 1 aromatic rings. The first kappa shape index (κ1) is 16.2. The van der Waals surface area contributed by atoms with Crippen LogP contribution in [0.15, 0.2) is 4.79 Å². The average molecular weight is 293 g/mol. The number of aryl methyl sites for hydroxylation is 2. The molecule has 0 bridgehead atoms. The SMILES string of the molecule is Cc1nc(C)c(C(C)NCC2(CO)CCCCC2)c(=O)[nH]1. The van der Waals surface area contributed by atoms with Gasteiger partial charge in [-0.25, -0.2) is 4.98 Å². The maximum absolute atomic E-state index is 12.1. The minimum absolute atomic E-state index is 0.0225. The molecular weight excluding hydrogens is 266 g/mol. The molecular formula is C16H27N3O2. The highest BCUT2D eigenvalue weighted by Crippen LogP contribution is 2.35. The predicted molar refractivity (Wildman–Crippen MR) is 83.4 cm³/mol. The maximum atomic E-state index is 12.1. The largest absolute Gasteiger partial charge is 0.396 e. The highest BCUT2D eigenvalue weighted by atomic mass is 16.3. The Balaban J connectivity index is 2.08. The number of H-pyrrole nitrogens is 1. The van der Waals surface area contributed by atoms with Crippen LogP contribution >= 0.6 is 0 Å². The Labute approximate surface area is 126 Å². The molecule has 5 nitrogen and oxygen atoms in total. The third-order valence-corrected chi connectivity index (χ3v) is 4.73. The Bertz CT molecular complexity index is 533. The highest BCUT2D eigenvalue weighted by Gasteiger charge is 2.31. The van der Waals surface area contributed by atoms with Gasteiger partial charge in [0.1, 0.15) is 5.82 Å². The summed E-state index contributed by atoms with van der Waals surface area (Å²) in [7, 11) is 0. The van der Waals surface area contributed by atoms with Gasteiger partial charge in [-0.05, 0) is 33.6 Å². The molecule has 0 aromatic carbocycles. The molecule has 0 aliphatic heterocycles. The number of hydrogen-bond acceptors (Lipinski definition) is 4. The Hall–Kier alpha value is -1.20. The Morgan fingerprint density at radius 3 is 2.57 bits per heavy atom. The predicted octanol–water partition coefficient (Wildman–Crippen LogP) is 1.98. The van der Waals surface area contributed by atoms with Crippen molar-refractivity contribution < 1.29 is 5.11 Å². The molecule has 5 heteroatoms. The fourth-order valence-electron chi connectivity index (χ4n) is 3.41. The first-order chi connectivity index (χ1) is 9.97. The summed E-state index contributed by atoms with van der Waals surface area (Å²) in [5.41, 5.74) is 1.38. The Kier molecular flexibility index (Phi) is 5.17. The van der Waals surface area contributed by atoms with Crippen LogP contribution in [0.25, 0.3) is 0 Å². The van der Waals surface area contributed by atoms with Gasteiger partial charge < -0.3 is 15.4 Å². The second-order valence-corrected chi connectivity index (χ2v) is 6.47. The van der Waals surface area contributed by atoms with E-state index < -0.39 is 0 Å². The van der Waals surface area contributed by atoms with E-state index in [0.717, 1.165) is 25.1 Å². The van der Waals surface area contributed by atoms with Crippen LogP contribution in [-0.2, 0) is 0 Å². The van der Waals surface area contributed by atoms with Crippen molar-refractivity contribution in [1.82, 2.24) is 15.3 Å². The summed E-state index contributed by atoms with van der Waals surface area (Å²) in [4.78, 5) is 19.2. The van der Waals surface area contributed by atoms with E-state index in [1.807, 2.05) is 13.8 Å². The number of rotatable bonds is 5. The number of aliphatic hydroxyl groups is 1. The van der Waals surface area contributed by atoms with Gasteiger partial charge in [-0.3, -0.25) is 4.79 Å². The molecule has 3 N–H and O–H groups in total. The minimum Gasteiger partial charge on any atom is -0.396 e. The molecule has 1 aliphatic rings. The van der Waals surface area contributed by atoms with E-state index in [1.165, 1.54) is 19.3 Å². The van der Waals surface area contributed by atoms with Crippen molar-refractivity contribution in [3.8, 4) is 0 Å². The van der Waals surface area contributed by atoms with E-state index >= 15 is 0 Å². The molecule has 118 valence electrons. The zero-order valence-electron chi connectivity index (χ0n) is 13.3. The first-order valence-corrected chi connectivity index (χ1v) is 7.89. The molecule has 1 aliphatic carbocycles. The summed E-state index contributed by atoms with van der Waals surface area (Å²) in [6, 6.07) is -0.0628. The van der Waals surface area contributed by atoms with Gasteiger partial charge in [-0.15, -0.1) is 0 Å². The molecule has 1 aromatic heterocycles. The lowest BCUT2D eigenvalue weighted by Gasteiger charge is -2.36. The molecule has 0 spiro atoms. The number of nitrogens with zero attached hydrogens (tertiary/aromatic N) is 1. The summed E-state index contributed by atoms with van der Waals surface area (Å²) < 4.78 is 0. The molecule has 0 amide bonds. The molecule has 1 saturated carbocycles. The van der Waals surface area contributed by atoms with Gasteiger partial charge in [0.05, 0.1) is 5.56 Å². The van der Waals surface area contributed by atoms with E-state index in [9.17, 15) is 9.90 Å². The zero-order valence-corrected chi connectivity index (χ0v) is 13.3. The fourth-order valence-corrected chi connectivity index (χ4v) is 3.41. The smallest absolute Gasteiger partial charge is 0.255 e. The lowest BCUT2D eigenvalue weighted by Crippen LogP contribution is -2.41. The van der Waals surface area contributed by atoms with Crippen LogP contribution in [0.2, 0.25) is 0 Å². The van der Waals surface area contributed by atoms with Crippen LogP contribution in [0.3, 0.4) is 0 Å². The quantitative estimate of drug-likeness (QED) is 0.775. The van der Waals surface area contributed by atoms with Gasteiger partial charge in [-0.2, -0.15) is 0 Å². The third kappa shape index (κ3) is 3.71. The summed E-state index contributed by atoms with van der Waals surface area (Å²) in [5.74, 6) is 0.646. The van der Waals surface area contributed by atoms with Crippen LogP contribution in [0.4, 0.5) is 0 Å². The van der Waals surface area contributed by atoms with Crippen molar-refractivity contribution in [2.45, 2.75) is 58.9 Å². The second kappa shape index (κ2) is 6.71. The molecule has 0 saturated heterocycles. The van der Waals surface area contributed by atoms with Crippen LogP contribution < -0.4 is 10.9 Å². The van der Waals surface area contributed by atoms with E-state index in [4.69, 9.17) is 0 Å². The average Bonchev–Trinajstić information content (AvgIpc) is 2.45. The molecule has 1 atom stereocenters. The first-order valence-electron chi connectivity index (χ1n) is 7.89. The molecule has 1 unspecified atom stereocenters. The topological polar surface area (TPSA) is 78.0 Å². The summed E-state index contributed by atoms with van der Waals surface area (Å²) in [6.45, 7) is 6.62. The van der Waals surface area contributed by atoms with Gasteiger partial charge >= 0.3 is 0 Å².